The van der Waals surface area contributed by atoms with E-state index in [1.165, 1.54) is 0 Å². The van der Waals surface area contributed by atoms with E-state index in [0.717, 1.165) is 37.3 Å². The molecule has 0 aliphatic carbocycles. The molecule has 0 saturated carbocycles. The minimum atomic E-state index is 0.0424. The van der Waals surface area contributed by atoms with Gasteiger partial charge >= 0.3 is 0 Å². The maximum Gasteiger partial charge on any atom is 0.254 e. The number of nitrogens with zero attached hydrogens (tertiary/aromatic N) is 5. The lowest BCUT2D eigenvalue weighted by molar-refractivity contribution is 0.0732. The first kappa shape index (κ1) is 17.4. The minimum Gasteiger partial charge on any atom is -0.373 e. The smallest absolute Gasteiger partial charge is 0.254 e. The summed E-state index contributed by atoms with van der Waals surface area (Å²) in [6, 6.07) is 5.74. The topological polar surface area (TPSA) is 66.3 Å². The van der Waals surface area contributed by atoms with Crippen LogP contribution in [0.2, 0.25) is 0 Å². The third-order valence-corrected chi connectivity index (χ3v) is 4.59. The van der Waals surface area contributed by atoms with Crippen molar-refractivity contribution in [3.8, 4) is 0 Å². The minimum absolute atomic E-state index is 0.0424. The number of carbonyl (C=O) groups is 1. The van der Waals surface area contributed by atoms with Gasteiger partial charge in [0.2, 0.25) is 0 Å². The van der Waals surface area contributed by atoms with Crippen molar-refractivity contribution in [2.24, 2.45) is 7.05 Å². The Kier molecular flexibility index (Phi) is 5.03. The molecule has 3 heterocycles. The molecular weight excluding hydrogens is 316 g/mol. The van der Waals surface area contributed by atoms with Gasteiger partial charge in [-0.3, -0.25) is 9.48 Å². The summed E-state index contributed by atoms with van der Waals surface area (Å²) >= 11 is 0. The molecule has 134 valence electrons. The van der Waals surface area contributed by atoms with Gasteiger partial charge in [-0.25, -0.2) is 4.98 Å². The van der Waals surface area contributed by atoms with Crippen molar-refractivity contribution in [3.05, 3.63) is 41.3 Å². The van der Waals surface area contributed by atoms with E-state index in [0.29, 0.717) is 11.4 Å². The molecule has 1 N–H and O–H groups in total. The van der Waals surface area contributed by atoms with Crippen LogP contribution in [0.5, 0.6) is 0 Å². The molecule has 2 aromatic rings. The second-order valence-corrected chi connectivity index (χ2v) is 6.76. The molecule has 1 amide bonds. The summed E-state index contributed by atoms with van der Waals surface area (Å²) in [6.07, 6.45) is 3.62. The van der Waals surface area contributed by atoms with Gasteiger partial charge in [-0.2, -0.15) is 5.10 Å². The highest BCUT2D eigenvalue weighted by Gasteiger charge is 2.32. The number of carbonyl (C=O) groups excluding carboxylic acids is 1. The predicted molar refractivity (Wildman–Crippen MR) is 97.4 cm³/mol. The number of likely N-dealkylation sites (tertiary alicyclic amines) is 1. The quantitative estimate of drug-likeness (QED) is 0.899. The average Bonchev–Trinajstić information content (AvgIpc) is 3.21. The van der Waals surface area contributed by atoms with E-state index >= 15 is 0 Å². The number of rotatable bonds is 5. The van der Waals surface area contributed by atoms with E-state index in [1.807, 2.05) is 30.7 Å². The number of hydrogen-bond acceptors (Lipinski definition) is 5. The SMILES string of the molecule is CNc1cc(C(=O)N2CCC[C@H]2c2cc(CN(C)C)n(C)n2)ccn1. The van der Waals surface area contributed by atoms with E-state index in [9.17, 15) is 4.79 Å². The molecule has 0 unspecified atom stereocenters. The fraction of sp³-hybridized carbons (Fsp3) is 0.500. The Hall–Kier alpha value is -2.41. The average molecular weight is 342 g/mol. The fourth-order valence-electron chi connectivity index (χ4n) is 3.35. The number of nitrogens with one attached hydrogen (secondary N) is 1. The second kappa shape index (κ2) is 7.23. The van der Waals surface area contributed by atoms with Crippen molar-refractivity contribution in [1.29, 1.82) is 0 Å². The van der Waals surface area contributed by atoms with E-state index in [1.54, 1.807) is 25.4 Å². The van der Waals surface area contributed by atoms with Crippen LogP contribution in [0.3, 0.4) is 0 Å². The lowest BCUT2D eigenvalue weighted by Crippen LogP contribution is -2.30. The zero-order valence-corrected chi connectivity index (χ0v) is 15.4. The molecule has 1 fully saturated rings. The summed E-state index contributed by atoms with van der Waals surface area (Å²) in [6.45, 7) is 1.60. The Bertz CT molecular complexity index is 754. The van der Waals surface area contributed by atoms with Crippen LogP contribution >= 0.6 is 0 Å². The lowest BCUT2D eigenvalue weighted by Gasteiger charge is -2.23. The van der Waals surface area contributed by atoms with E-state index in [-0.39, 0.29) is 11.9 Å². The zero-order valence-electron chi connectivity index (χ0n) is 15.4. The van der Waals surface area contributed by atoms with Crippen LogP contribution in [0.4, 0.5) is 5.82 Å². The number of anilines is 1. The van der Waals surface area contributed by atoms with Crippen molar-refractivity contribution >= 4 is 11.7 Å². The van der Waals surface area contributed by atoms with Crippen LogP contribution in [-0.4, -0.2) is 58.2 Å². The standard InChI is InChI=1S/C18H26N6O/c1-19-17-10-13(7-8-20-17)18(25)24-9-5-6-16(24)15-11-14(12-22(2)3)23(4)21-15/h7-8,10-11,16H,5-6,9,12H2,1-4H3,(H,19,20)/t16-/m0/s1. The molecular formula is C18H26N6O. The molecule has 7 nitrogen and oxygen atoms in total. The summed E-state index contributed by atoms with van der Waals surface area (Å²) in [7, 11) is 7.85. The van der Waals surface area contributed by atoms with Gasteiger partial charge in [0.05, 0.1) is 17.4 Å². The molecule has 1 atom stereocenters. The Balaban J connectivity index is 1.84. The summed E-state index contributed by atoms with van der Waals surface area (Å²) in [5.74, 6) is 0.744. The lowest BCUT2D eigenvalue weighted by atomic mass is 10.1. The molecule has 1 saturated heterocycles. The van der Waals surface area contributed by atoms with Crippen molar-refractivity contribution in [1.82, 2.24) is 24.6 Å². The maximum absolute atomic E-state index is 13.0. The highest BCUT2D eigenvalue weighted by Crippen LogP contribution is 2.33. The highest BCUT2D eigenvalue weighted by molar-refractivity contribution is 5.95. The van der Waals surface area contributed by atoms with Crippen molar-refractivity contribution in [2.75, 3.05) is 33.0 Å². The Morgan fingerprint density at radius 3 is 2.92 bits per heavy atom. The number of hydrogen-bond donors (Lipinski definition) is 1. The Morgan fingerprint density at radius 2 is 2.20 bits per heavy atom. The van der Waals surface area contributed by atoms with Gasteiger partial charge in [-0.15, -0.1) is 0 Å². The first-order chi connectivity index (χ1) is 12.0. The number of aromatic nitrogens is 3. The van der Waals surface area contributed by atoms with Crippen LogP contribution in [0.25, 0.3) is 0 Å². The molecule has 25 heavy (non-hydrogen) atoms. The van der Waals surface area contributed by atoms with Gasteiger partial charge in [0, 0.05) is 38.9 Å². The number of amides is 1. The molecule has 7 heteroatoms. The summed E-state index contributed by atoms with van der Waals surface area (Å²) in [4.78, 5) is 21.2. The summed E-state index contributed by atoms with van der Waals surface area (Å²) in [5, 5.41) is 7.66. The first-order valence-electron chi connectivity index (χ1n) is 8.62. The molecule has 1 aliphatic heterocycles. The third-order valence-electron chi connectivity index (χ3n) is 4.59. The van der Waals surface area contributed by atoms with Gasteiger partial charge in [-0.1, -0.05) is 0 Å². The molecule has 3 rings (SSSR count). The van der Waals surface area contributed by atoms with Crippen LogP contribution in [-0.2, 0) is 13.6 Å². The normalized spacial score (nSPS) is 17.3. The molecule has 0 aromatic carbocycles. The Morgan fingerprint density at radius 1 is 1.40 bits per heavy atom. The van der Waals surface area contributed by atoms with Gasteiger partial charge in [-0.05, 0) is 45.1 Å². The van der Waals surface area contributed by atoms with Crippen LogP contribution in [0.15, 0.2) is 24.4 Å². The van der Waals surface area contributed by atoms with Gasteiger partial charge in [0.25, 0.3) is 5.91 Å². The monoisotopic (exact) mass is 342 g/mol. The maximum atomic E-state index is 13.0. The highest BCUT2D eigenvalue weighted by atomic mass is 16.2. The largest absolute Gasteiger partial charge is 0.373 e. The van der Waals surface area contributed by atoms with Crippen LogP contribution in [0.1, 0.15) is 40.6 Å². The van der Waals surface area contributed by atoms with E-state index in [4.69, 9.17) is 0 Å². The van der Waals surface area contributed by atoms with Crippen molar-refractivity contribution in [3.63, 3.8) is 0 Å². The van der Waals surface area contributed by atoms with Gasteiger partial charge < -0.3 is 15.1 Å². The molecule has 0 bridgehead atoms. The van der Waals surface area contributed by atoms with Crippen molar-refractivity contribution in [2.45, 2.75) is 25.4 Å². The van der Waals surface area contributed by atoms with Crippen LogP contribution < -0.4 is 5.32 Å². The van der Waals surface area contributed by atoms with E-state index < -0.39 is 0 Å². The van der Waals surface area contributed by atoms with Crippen LogP contribution in [0, 0.1) is 0 Å². The molecule has 0 spiro atoms. The molecule has 0 radical (unpaired) electrons. The third kappa shape index (κ3) is 3.66. The Labute approximate surface area is 148 Å². The summed E-state index contributed by atoms with van der Waals surface area (Å²) < 4.78 is 1.92. The first-order valence-corrected chi connectivity index (χ1v) is 8.62. The van der Waals surface area contributed by atoms with Gasteiger partial charge in [0.1, 0.15) is 5.82 Å². The molecule has 1 aliphatic rings. The summed E-state index contributed by atoms with van der Waals surface area (Å²) in [5.41, 5.74) is 2.80. The molecule has 2 aromatic heterocycles. The second-order valence-electron chi connectivity index (χ2n) is 6.76. The zero-order chi connectivity index (χ0) is 18.0. The van der Waals surface area contributed by atoms with Gasteiger partial charge in [0.15, 0.2) is 0 Å². The number of aryl methyl sites for hydroxylation is 1. The predicted octanol–water partition coefficient (Wildman–Crippen LogP) is 1.90. The van der Waals surface area contributed by atoms with Crippen molar-refractivity contribution < 1.29 is 4.79 Å². The fourth-order valence-corrected chi connectivity index (χ4v) is 3.35. The van der Waals surface area contributed by atoms with E-state index in [2.05, 4.69) is 26.4 Å². The number of pyridine rings is 1.